The van der Waals surface area contributed by atoms with E-state index >= 15 is 0 Å². The van der Waals surface area contributed by atoms with Crippen molar-refractivity contribution in [1.82, 2.24) is 10.5 Å². The fourth-order valence-corrected chi connectivity index (χ4v) is 3.14. The number of nitrogens with one attached hydrogen (secondary N) is 1. The van der Waals surface area contributed by atoms with Gasteiger partial charge in [-0.2, -0.15) is 5.26 Å². The Hall–Kier alpha value is -3.59. The van der Waals surface area contributed by atoms with E-state index in [4.69, 9.17) is 14.5 Å². The van der Waals surface area contributed by atoms with Crippen molar-refractivity contribution in [2.45, 2.75) is 25.8 Å². The van der Waals surface area contributed by atoms with Crippen LogP contribution in [0.25, 0.3) is 5.57 Å². The Labute approximate surface area is 170 Å². The molecule has 0 spiro atoms. The lowest BCUT2D eigenvalue weighted by Crippen LogP contribution is -2.45. The van der Waals surface area contributed by atoms with Crippen molar-refractivity contribution in [3.8, 4) is 11.8 Å². The van der Waals surface area contributed by atoms with E-state index in [0.29, 0.717) is 23.8 Å². The van der Waals surface area contributed by atoms with E-state index in [0.717, 1.165) is 24.2 Å². The van der Waals surface area contributed by atoms with Crippen LogP contribution in [-0.2, 0) is 0 Å². The Morgan fingerprint density at radius 2 is 2.17 bits per heavy atom. The quantitative estimate of drug-likeness (QED) is 0.681. The lowest BCUT2D eigenvalue weighted by molar-refractivity contribution is 0.0815. The van der Waals surface area contributed by atoms with Crippen LogP contribution in [0.3, 0.4) is 0 Å². The van der Waals surface area contributed by atoms with Crippen molar-refractivity contribution >= 4 is 11.5 Å². The Morgan fingerprint density at radius 3 is 2.83 bits per heavy atom. The highest BCUT2D eigenvalue weighted by Gasteiger charge is 2.31. The van der Waals surface area contributed by atoms with Gasteiger partial charge in [-0.3, -0.25) is 4.79 Å². The van der Waals surface area contributed by atoms with Crippen LogP contribution in [0.15, 0.2) is 65.7 Å². The smallest absolute Gasteiger partial charge is 0.290 e. The molecule has 6 heteroatoms. The van der Waals surface area contributed by atoms with Crippen molar-refractivity contribution in [2.24, 2.45) is 5.92 Å². The molecule has 1 aliphatic carbocycles. The number of amides is 1. The Bertz CT molecular complexity index is 958. The van der Waals surface area contributed by atoms with Crippen LogP contribution >= 0.6 is 0 Å². The van der Waals surface area contributed by atoms with Crippen LogP contribution < -0.4 is 10.1 Å². The number of rotatable bonds is 8. The van der Waals surface area contributed by atoms with Crippen molar-refractivity contribution < 1.29 is 14.1 Å². The van der Waals surface area contributed by atoms with Crippen molar-refractivity contribution in [3.05, 3.63) is 78.2 Å². The molecule has 0 atom stereocenters. The highest BCUT2D eigenvalue weighted by atomic mass is 16.5. The normalized spacial score (nSPS) is 18.7. The summed E-state index contributed by atoms with van der Waals surface area (Å²) < 4.78 is 11.0. The maximum atomic E-state index is 12.4. The average Bonchev–Trinajstić information content (AvgIpc) is 3.20. The van der Waals surface area contributed by atoms with Crippen LogP contribution in [0.1, 0.15) is 41.6 Å². The van der Waals surface area contributed by atoms with E-state index in [2.05, 4.69) is 23.1 Å². The Kier molecular flexibility index (Phi) is 6.64. The van der Waals surface area contributed by atoms with E-state index in [1.54, 1.807) is 36.4 Å². The van der Waals surface area contributed by atoms with Gasteiger partial charge in [-0.25, -0.2) is 0 Å². The standard InChI is InChI=1S/C23H23N3O3/c1-3-5-18(6-4-2)21-13-22(29-26-21)23(27)25-19-11-17(12-19)15-28-20-9-7-16(14-24)8-10-20/h3-10,13,17,19H,1,11-12,15H2,2H3,(H,25,27)/b6-4-,18-5+. The summed E-state index contributed by atoms with van der Waals surface area (Å²) in [5.74, 6) is 1.06. The zero-order valence-corrected chi connectivity index (χ0v) is 16.3. The maximum absolute atomic E-state index is 12.4. The third kappa shape index (κ3) is 5.23. The van der Waals surface area contributed by atoms with E-state index in [1.165, 1.54) is 0 Å². The molecule has 1 aromatic heterocycles. The van der Waals surface area contributed by atoms with Crippen molar-refractivity contribution in [2.75, 3.05) is 6.61 Å². The van der Waals surface area contributed by atoms with Gasteiger partial charge in [-0.05, 0) is 49.9 Å². The van der Waals surface area contributed by atoms with Crippen LogP contribution in [0.5, 0.6) is 5.75 Å². The third-order valence-corrected chi connectivity index (χ3v) is 4.71. The monoisotopic (exact) mass is 389 g/mol. The lowest BCUT2D eigenvalue weighted by atomic mass is 9.81. The molecule has 148 valence electrons. The van der Waals surface area contributed by atoms with Crippen molar-refractivity contribution in [1.29, 1.82) is 5.26 Å². The van der Waals surface area contributed by atoms with E-state index in [1.807, 2.05) is 25.2 Å². The molecule has 0 radical (unpaired) electrons. The molecule has 2 aromatic rings. The predicted molar refractivity (Wildman–Crippen MR) is 110 cm³/mol. The summed E-state index contributed by atoms with van der Waals surface area (Å²) in [7, 11) is 0. The minimum Gasteiger partial charge on any atom is -0.493 e. The lowest BCUT2D eigenvalue weighted by Gasteiger charge is -2.35. The van der Waals surface area contributed by atoms with E-state index < -0.39 is 0 Å². The molecule has 1 aromatic carbocycles. The number of allylic oxidation sites excluding steroid dienone is 5. The SMILES string of the molecule is C=C/C=C(\C=C/C)c1cc(C(=O)NC2CC(COc3ccc(C#N)cc3)C2)on1. The fourth-order valence-electron chi connectivity index (χ4n) is 3.14. The summed E-state index contributed by atoms with van der Waals surface area (Å²) in [6.45, 7) is 6.18. The number of ether oxygens (including phenoxy) is 1. The largest absolute Gasteiger partial charge is 0.493 e. The van der Waals surface area contributed by atoms with Crippen LogP contribution in [0.2, 0.25) is 0 Å². The van der Waals surface area contributed by atoms with Gasteiger partial charge in [-0.15, -0.1) is 0 Å². The molecule has 0 unspecified atom stereocenters. The van der Waals surface area contributed by atoms with Gasteiger partial charge in [0.1, 0.15) is 11.4 Å². The summed E-state index contributed by atoms with van der Waals surface area (Å²) >= 11 is 0. The Morgan fingerprint density at radius 1 is 1.41 bits per heavy atom. The molecule has 1 amide bonds. The van der Waals surface area contributed by atoms with Gasteiger partial charge in [0.15, 0.2) is 0 Å². The highest BCUT2D eigenvalue weighted by Crippen LogP contribution is 2.29. The number of benzene rings is 1. The number of carbonyl (C=O) groups excluding carboxylic acids is 1. The molecule has 1 fully saturated rings. The topological polar surface area (TPSA) is 88.1 Å². The predicted octanol–water partition coefficient (Wildman–Crippen LogP) is 4.28. The molecule has 1 heterocycles. The summed E-state index contributed by atoms with van der Waals surface area (Å²) in [4.78, 5) is 12.4. The molecule has 1 N–H and O–H groups in total. The third-order valence-electron chi connectivity index (χ3n) is 4.71. The number of carbonyl (C=O) groups is 1. The summed E-state index contributed by atoms with van der Waals surface area (Å²) in [6.07, 6.45) is 8.94. The second-order valence-corrected chi connectivity index (χ2v) is 6.89. The van der Waals surface area contributed by atoms with E-state index in [9.17, 15) is 4.79 Å². The minimum atomic E-state index is -0.265. The van der Waals surface area contributed by atoms with Gasteiger partial charge in [0.25, 0.3) is 5.91 Å². The fraction of sp³-hybridized carbons (Fsp3) is 0.261. The van der Waals surface area contributed by atoms with Crippen LogP contribution in [0, 0.1) is 17.2 Å². The molecular weight excluding hydrogens is 366 g/mol. The Balaban J connectivity index is 1.45. The first-order valence-corrected chi connectivity index (χ1v) is 9.49. The summed E-state index contributed by atoms with van der Waals surface area (Å²) in [6, 6.07) is 10.9. The molecule has 1 saturated carbocycles. The first-order chi connectivity index (χ1) is 14.1. The van der Waals surface area contributed by atoms with E-state index in [-0.39, 0.29) is 17.7 Å². The molecule has 0 aliphatic heterocycles. The zero-order valence-electron chi connectivity index (χ0n) is 16.3. The maximum Gasteiger partial charge on any atom is 0.290 e. The zero-order chi connectivity index (χ0) is 20.6. The van der Waals surface area contributed by atoms with Gasteiger partial charge < -0.3 is 14.6 Å². The van der Waals surface area contributed by atoms with Crippen LogP contribution in [0.4, 0.5) is 0 Å². The molecule has 29 heavy (non-hydrogen) atoms. The number of nitriles is 1. The molecular formula is C23H23N3O3. The number of hydrogen-bond donors (Lipinski definition) is 1. The van der Waals surface area contributed by atoms with Crippen molar-refractivity contribution in [3.63, 3.8) is 0 Å². The molecule has 6 nitrogen and oxygen atoms in total. The second kappa shape index (κ2) is 9.56. The number of nitrogens with zero attached hydrogens (tertiary/aromatic N) is 2. The van der Waals surface area contributed by atoms with Gasteiger partial charge in [0.05, 0.1) is 18.2 Å². The van der Waals surface area contributed by atoms with Gasteiger partial charge in [0.2, 0.25) is 5.76 Å². The molecule has 3 rings (SSSR count). The molecule has 0 bridgehead atoms. The number of aromatic nitrogens is 1. The van der Waals surface area contributed by atoms with Gasteiger partial charge in [0, 0.05) is 17.7 Å². The second-order valence-electron chi connectivity index (χ2n) is 6.89. The van der Waals surface area contributed by atoms with Crippen LogP contribution in [-0.4, -0.2) is 23.7 Å². The highest BCUT2D eigenvalue weighted by molar-refractivity contribution is 5.92. The molecule has 1 aliphatic rings. The first kappa shape index (κ1) is 20.2. The average molecular weight is 389 g/mol. The minimum absolute atomic E-state index is 0.101. The summed E-state index contributed by atoms with van der Waals surface area (Å²) in [5.41, 5.74) is 2.03. The summed E-state index contributed by atoms with van der Waals surface area (Å²) in [5, 5.41) is 15.8. The van der Waals surface area contributed by atoms with Gasteiger partial charge >= 0.3 is 0 Å². The van der Waals surface area contributed by atoms with Gasteiger partial charge in [-0.1, -0.05) is 36.0 Å². The first-order valence-electron chi connectivity index (χ1n) is 9.49. The number of hydrogen-bond acceptors (Lipinski definition) is 5. The molecule has 0 saturated heterocycles.